The van der Waals surface area contributed by atoms with Crippen LogP contribution in [0.25, 0.3) is 0 Å². The minimum Gasteiger partial charge on any atom is -0.325 e. The normalized spacial score (nSPS) is 15.7. The minimum absolute atomic E-state index is 0.0443. The summed E-state index contributed by atoms with van der Waals surface area (Å²) < 4.78 is 0. The average Bonchev–Trinajstić information content (AvgIpc) is 2.93. The van der Waals surface area contributed by atoms with Gasteiger partial charge in [0.15, 0.2) is 0 Å². The molecule has 0 radical (unpaired) electrons. The Labute approximate surface area is 150 Å². The van der Waals surface area contributed by atoms with Crippen molar-refractivity contribution < 1.29 is 9.59 Å². The number of nitrogens with one attached hydrogen (secondary N) is 2. The summed E-state index contributed by atoms with van der Waals surface area (Å²) in [6.07, 6.45) is 0.726. The van der Waals surface area contributed by atoms with Gasteiger partial charge in [-0.2, -0.15) is 0 Å². The molecule has 1 heterocycles. The van der Waals surface area contributed by atoms with Gasteiger partial charge in [0.05, 0.1) is 16.0 Å². The first-order chi connectivity index (χ1) is 11.4. The Kier molecular flexibility index (Phi) is 4.83. The molecule has 124 valence electrons. The van der Waals surface area contributed by atoms with Crippen LogP contribution in [0, 0.1) is 6.92 Å². The number of amides is 2. The Bertz CT molecular complexity index is 823. The fourth-order valence-electron chi connectivity index (χ4n) is 2.59. The van der Waals surface area contributed by atoms with Gasteiger partial charge in [-0.3, -0.25) is 9.59 Å². The number of benzene rings is 2. The third kappa shape index (κ3) is 3.74. The van der Waals surface area contributed by atoms with E-state index in [1.165, 1.54) is 22.9 Å². The van der Waals surface area contributed by atoms with E-state index in [1.54, 1.807) is 30.0 Å². The number of aryl methyl sites for hydroxylation is 1. The van der Waals surface area contributed by atoms with Gasteiger partial charge in [-0.05, 0) is 43.2 Å². The predicted molar refractivity (Wildman–Crippen MR) is 98.9 cm³/mol. The van der Waals surface area contributed by atoms with Gasteiger partial charge in [0, 0.05) is 17.5 Å². The van der Waals surface area contributed by atoms with Crippen LogP contribution in [0.2, 0.25) is 5.02 Å². The Morgan fingerprint density at radius 3 is 2.67 bits per heavy atom. The van der Waals surface area contributed by atoms with Crippen molar-refractivity contribution in [1.29, 1.82) is 0 Å². The molecule has 2 aromatic rings. The second-order valence-electron chi connectivity index (χ2n) is 5.79. The monoisotopic (exact) mass is 360 g/mol. The number of fused-ring (bicyclic) bond motifs is 1. The molecular formula is C18H17ClN2O2S. The van der Waals surface area contributed by atoms with E-state index in [2.05, 4.69) is 28.8 Å². The number of hydrogen-bond acceptors (Lipinski definition) is 3. The van der Waals surface area contributed by atoms with Crippen molar-refractivity contribution in [2.75, 3.05) is 10.6 Å². The molecule has 0 aromatic heterocycles. The maximum atomic E-state index is 12.5. The molecule has 0 fully saturated rings. The highest BCUT2D eigenvalue weighted by molar-refractivity contribution is 8.01. The van der Waals surface area contributed by atoms with Crippen molar-refractivity contribution in [2.24, 2.45) is 0 Å². The number of carbonyl (C=O) groups is 2. The summed E-state index contributed by atoms with van der Waals surface area (Å²) in [7, 11) is 0. The van der Waals surface area contributed by atoms with Gasteiger partial charge in [0.2, 0.25) is 11.8 Å². The minimum atomic E-state index is -0.191. The molecule has 6 heteroatoms. The van der Waals surface area contributed by atoms with E-state index in [0.717, 1.165) is 6.42 Å². The summed E-state index contributed by atoms with van der Waals surface area (Å²) in [6, 6.07) is 11.3. The van der Waals surface area contributed by atoms with Gasteiger partial charge in [-0.1, -0.05) is 29.3 Å². The second kappa shape index (κ2) is 6.87. The van der Waals surface area contributed by atoms with Gasteiger partial charge in [0.1, 0.15) is 0 Å². The van der Waals surface area contributed by atoms with Crippen LogP contribution in [0.4, 0.5) is 11.4 Å². The van der Waals surface area contributed by atoms with Crippen LogP contribution < -0.4 is 10.6 Å². The van der Waals surface area contributed by atoms with Crippen LogP contribution in [0.5, 0.6) is 0 Å². The summed E-state index contributed by atoms with van der Waals surface area (Å²) in [5, 5.41) is 5.78. The smallest absolute Gasteiger partial charge is 0.238 e. The SMILES string of the molecule is CC(=O)Nc1ccc(NC(=O)C2Cc3ccc(C)cc3S2)cc1Cl. The largest absolute Gasteiger partial charge is 0.325 e. The van der Waals surface area contributed by atoms with Crippen LogP contribution in [0.3, 0.4) is 0 Å². The van der Waals surface area contributed by atoms with Crippen molar-refractivity contribution in [3.8, 4) is 0 Å². The molecule has 2 amide bonds. The molecule has 1 aliphatic rings. The van der Waals surface area contributed by atoms with E-state index >= 15 is 0 Å². The van der Waals surface area contributed by atoms with Gasteiger partial charge in [-0.25, -0.2) is 0 Å². The highest BCUT2D eigenvalue weighted by Crippen LogP contribution is 2.38. The zero-order valence-corrected chi connectivity index (χ0v) is 14.9. The Morgan fingerprint density at radius 2 is 1.96 bits per heavy atom. The number of hydrogen-bond donors (Lipinski definition) is 2. The molecule has 0 saturated heterocycles. The van der Waals surface area contributed by atoms with Gasteiger partial charge in [0.25, 0.3) is 0 Å². The predicted octanol–water partition coefficient (Wildman–Crippen LogP) is 4.26. The lowest BCUT2D eigenvalue weighted by molar-refractivity contribution is -0.116. The molecule has 0 bridgehead atoms. The van der Waals surface area contributed by atoms with Crippen LogP contribution in [-0.4, -0.2) is 17.1 Å². The fraction of sp³-hybridized carbons (Fsp3) is 0.222. The van der Waals surface area contributed by atoms with Crippen molar-refractivity contribution in [3.05, 3.63) is 52.5 Å². The first kappa shape index (κ1) is 16.9. The molecule has 0 saturated carbocycles. The Hall–Kier alpha value is -1.98. The molecular weight excluding hydrogens is 344 g/mol. The fourth-order valence-corrected chi connectivity index (χ4v) is 4.11. The molecule has 1 aliphatic heterocycles. The van der Waals surface area contributed by atoms with Crippen LogP contribution in [-0.2, 0) is 16.0 Å². The number of thioether (sulfide) groups is 1. The van der Waals surface area contributed by atoms with Gasteiger partial charge < -0.3 is 10.6 Å². The van der Waals surface area contributed by atoms with Crippen LogP contribution >= 0.6 is 23.4 Å². The molecule has 1 unspecified atom stereocenters. The van der Waals surface area contributed by atoms with E-state index < -0.39 is 0 Å². The van der Waals surface area contributed by atoms with Crippen molar-refractivity contribution in [3.63, 3.8) is 0 Å². The summed E-state index contributed by atoms with van der Waals surface area (Å²) in [6.45, 7) is 3.47. The first-order valence-corrected chi connectivity index (χ1v) is 8.82. The van der Waals surface area contributed by atoms with E-state index in [0.29, 0.717) is 16.4 Å². The zero-order chi connectivity index (χ0) is 17.3. The van der Waals surface area contributed by atoms with E-state index in [4.69, 9.17) is 11.6 Å². The van der Waals surface area contributed by atoms with Gasteiger partial charge >= 0.3 is 0 Å². The molecule has 4 nitrogen and oxygen atoms in total. The molecule has 0 spiro atoms. The molecule has 2 N–H and O–H groups in total. The molecule has 24 heavy (non-hydrogen) atoms. The quantitative estimate of drug-likeness (QED) is 0.859. The van der Waals surface area contributed by atoms with Crippen molar-refractivity contribution in [1.82, 2.24) is 0 Å². The number of carbonyl (C=O) groups excluding carboxylic acids is 2. The standard InChI is InChI=1S/C18H17ClN2O2S/c1-10-3-4-12-8-17(24-16(12)7-10)18(23)21-13-5-6-15(14(19)9-13)20-11(2)22/h3-7,9,17H,8H2,1-2H3,(H,20,22)(H,21,23). The number of rotatable bonds is 3. The van der Waals surface area contributed by atoms with E-state index in [9.17, 15) is 9.59 Å². The van der Waals surface area contributed by atoms with Crippen LogP contribution in [0.15, 0.2) is 41.3 Å². The Morgan fingerprint density at radius 1 is 1.17 bits per heavy atom. The van der Waals surface area contributed by atoms with E-state index in [1.807, 2.05) is 6.92 Å². The maximum Gasteiger partial charge on any atom is 0.238 e. The number of anilines is 2. The molecule has 2 aromatic carbocycles. The zero-order valence-electron chi connectivity index (χ0n) is 13.4. The average molecular weight is 361 g/mol. The first-order valence-electron chi connectivity index (χ1n) is 7.56. The third-order valence-corrected chi connectivity index (χ3v) is 5.35. The lowest BCUT2D eigenvalue weighted by atomic mass is 10.1. The topological polar surface area (TPSA) is 58.2 Å². The van der Waals surface area contributed by atoms with Gasteiger partial charge in [-0.15, -0.1) is 11.8 Å². The van der Waals surface area contributed by atoms with Crippen molar-refractivity contribution >= 4 is 46.6 Å². The summed E-state index contributed by atoms with van der Waals surface area (Å²) >= 11 is 7.73. The summed E-state index contributed by atoms with van der Waals surface area (Å²) in [4.78, 5) is 24.8. The van der Waals surface area contributed by atoms with Crippen LogP contribution in [0.1, 0.15) is 18.1 Å². The molecule has 0 aliphatic carbocycles. The summed E-state index contributed by atoms with van der Waals surface area (Å²) in [5.41, 5.74) is 3.56. The third-order valence-electron chi connectivity index (χ3n) is 3.74. The second-order valence-corrected chi connectivity index (χ2v) is 7.44. The summed E-state index contributed by atoms with van der Waals surface area (Å²) in [5.74, 6) is -0.235. The van der Waals surface area contributed by atoms with E-state index in [-0.39, 0.29) is 17.1 Å². The Balaban J connectivity index is 1.68. The lowest BCUT2D eigenvalue weighted by Gasteiger charge is -2.12. The van der Waals surface area contributed by atoms with Crippen molar-refractivity contribution in [2.45, 2.75) is 30.4 Å². The molecule has 1 atom stereocenters. The highest BCUT2D eigenvalue weighted by atomic mass is 35.5. The lowest BCUT2D eigenvalue weighted by Crippen LogP contribution is -2.24. The number of halogens is 1. The molecule has 3 rings (SSSR count). The highest BCUT2D eigenvalue weighted by Gasteiger charge is 2.28. The maximum absolute atomic E-state index is 12.5.